The van der Waals surface area contributed by atoms with E-state index in [9.17, 15) is 0 Å². The predicted octanol–water partition coefficient (Wildman–Crippen LogP) is -0.606. The topological polar surface area (TPSA) is 26.0 Å². The average Bonchev–Trinajstić information content (AvgIpc) is 1.91. The Labute approximate surface area is 78.7 Å². The second-order valence-corrected chi connectivity index (χ2v) is 3.92. The third kappa shape index (κ3) is 3.32. The van der Waals surface area contributed by atoms with Crippen LogP contribution in [0, 0.1) is 0 Å². The average molecular weight is 185 g/mol. The van der Waals surface area contributed by atoms with Crippen LogP contribution in [0.2, 0.25) is 0 Å². The third-order valence-electron chi connectivity index (χ3n) is 1.28. The normalized spacial score (nSPS) is 9.70. The van der Waals surface area contributed by atoms with Crippen LogP contribution in [0.1, 0.15) is 0 Å². The molecule has 0 amide bonds. The molecule has 0 aliphatic carbocycles. The molecule has 3 heteroatoms. The molecule has 10 heavy (non-hydrogen) atoms. The molecule has 0 radical (unpaired) electrons. The number of nitrogens with two attached hydrogens (primary N) is 1. The fourth-order valence-electron chi connectivity index (χ4n) is 0.811. The van der Waals surface area contributed by atoms with Gasteiger partial charge in [0.1, 0.15) is 0 Å². The van der Waals surface area contributed by atoms with Gasteiger partial charge in [0.2, 0.25) is 0 Å². The van der Waals surface area contributed by atoms with E-state index in [4.69, 9.17) is 5.73 Å². The van der Waals surface area contributed by atoms with Crippen molar-refractivity contribution in [2.24, 2.45) is 5.73 Å². The molecule has 1 rings (SSSR count). The van der Waals surface area contributed by atoms with E-state index < -0.39 is 0 Å². The molecule has 2 N–H and O–H groups in total. The molecule has 0 aliphatic heterocycles. The van der Waals surface area contributed by atoms with Crippen LogP contribution in [0.4, 0.5) is 0 Å². The van der Waals surface area contributed by atoms with E-state index in [2.05, 4.69) is 24.3 Å². The molecule has 1 nitrogen and oxygen atoms in total. The first-order valence-electron chi connectivity index (χ1n) is 3.17. The van der Waals surface area contributed by atoms with Gasteiger partial charge in [0.25, 0.3) is 0 Å². The van der Waals surface area contributed by atoms with Crippen molar-refractivity contribution < 1.29 is 21.7 Å². The standard InChI is InChI=1S/C7H11NSi.Ti/c8-6-9-7-4-2-1-3-5-7;/h1-5H,6,8-9H2;/q;+2. The molecule has 0 heterocycles. The van der Waals surface area contributed by atoms with E-state index >= 15 is 0 Å². The third-order valence-corrected chi connectivity index (χ3v) is 2.61. The minimum absolute atomic E-state index is 0. The first-order chi connectivity index (χ1) is 4.43. The molecule has 50 valence electrons. The summed E-state index contributed by atoms with van der Waals surface area (Å²) in [5, 5.41) is 1.46. The molecule has 0 fully saturated rings. The van der Waals surface area contributed by atoms with E-state index in [1.165, 1.54) is 5.19 Å². The van der Waals surface area contributed by atoms with Gasteiger partial charge in [0.15, 0.2) is 0 Å². The monoisotopic (exact) mass is 185 g/mol. The molecule has 0 spiro atoms. The van der Waals surface area contributed by atoms with Crippen LogP contribution in [0.3, 0.4) is 0 Å². The Hall–Kier alpha value is 0.111. The second-order valence-electron chi connectivity index (χ2n) is 2.02. The Morgan fingerprint density at radius 1 is 1.20 bits per heavy atom. The molecule has 0 aliphatic rings. The number of hydrogen-bond acceptors (Lipinski definition) is 1. The van der Waals surface area contributed by atoms with Crippen molar-refractivity contribution in [1.29, 1.82) is 0 Å². The van der Waals surface area contributed by atoms with Gasteiger partial charge in [-0.25, -0.2) is 0 Å². The first kappa shape index (κ1) is 10.1. The van der Waals surface area contributed by atoms with Gasteiger partial charge in [-0.1, -0.05) is 35.5 Å². The number of hydrogen-bond donors (Lipinski definition) is 1. The van der Waals surface area contributed by atoms with Gasteiger partial charge in [-0.15, -0.1) is 0 Å². The molecular weight excluding hydrogens is 174 g/mol. The van der Waals surface area contributed by atoms with Crippen molar-refractivity contribution >= 4 is 14.7 Å². The van der Waals surface area contributed by atoms with Crippen molar-refractivity contribution in [3.8, 4) is 0 Å². The SMILES string of the molecule is NC[SiH2]c1ccccc1.[Ti+2]. The minimum Gasteiger partial charge on any atom is -0.333 e. The maximum absolute atomic E-state index is 5.42. The zero-order valence-corrected chi connectivity index (χ0v) is 8.85. The number of rotatable bonds is 2. The summed E-state index contributed by atoms with van der Waals surface area (Å²) >= 11 is 0. The zero-order valence-electron chi connectivity index (χ0n) is 5.88. The fraction of sp³-hybridized carbons (Fsp3) is 0.143. The summed E-state index contributed by atoms with van der Waals surface area (Å²) in [6.07, 6.45) is 0.879. The van der Waals surface area contributed by atoms with Crippen LogP contribution in [0.5, 0.6) is 0 Å². The van der Waals surface area contributed by atoms with E-state index in [-0.39, 0.29) is 31.2 Å². The van der Waals surface area contributed by atoms with E-state index in [1.54, 1.807) is 0 Å². The van der Waals surface area contributed by atoms with Crippen LogP contribution >= 0.6 is 0 Å². The second kappa shape index (κ2) is 5.86. The van der Waals surface area contributed by atoms with Crippen molar-refractivity contribution in [3.05, 3.63) is 30.3 Å². The Morgan fingerprint density at radius 2 is 1.80 bits per heavy atom. The van der Waals surface area contributed by atoms with Crippen LogP contribution in [-0.4, -0.2) is 15.7 Å². The summed E-state index contributed by atoms with van der Waals surface area (Å²) in [7, 11) is -0.123. The van der Waals surface area contributed by atoms with Crippen molar-refractivity contribution in [1.82, 2.24) is 0 Å². The molecule has 0 saturated heterocycles. The van der Waals surface area contributed by atoms with Crippen LogP contribution < -0.4 is 10.9 Å². The Bertz CT molecular complexity index is 167. The Balaban J connectivity index is 0.000000810. The van der Waals surface area contributed by atoms with E-state index in [0.29, 0.717) is 0 Å². The summed E-state index contributed by atoms with van der Waals surface area (Å²) in [4.78, 5) is 0. The molecule has 1 aromatic rings. The van der Waals surface area contributed by atoms with Crippen LogP contribution in [-0.2, 0) is 21.7 Å². The molecule has 0 saturated carbocycles. The summed E-state index contributed by atoms with van der Waals surface area (Å²) in [5.74, 6) is 0. The summed E-state index contributed by atoms with van der Waals surface area (Å²) in [5.41, 5.74) is 5.42. The van der Waals surface area contributed by atoms with Gasteiger partial charge in [-0.05, 0) is 6.17 Å². The summed E-state index contributed by atoms with van der Waals surface area (Å²) in [6, 6.07) is 10.5. The maximum atomic E-state index is 5.42. The molecule has 0 bridgehead atoms. The van der Waals surface area contributed by atoms with Crippen LogP contribution in [0.15, 0.2) is 30.3 Å². The molecular formula is C7H11NSiTi+2. The van der Waals surface area contributed by atoms with E-state index in [1.807, 2.05) is 6.07 Å². The number of benzene rings is 1. The summed E-state index contributed by atoms with van der Waals surface area (Å²) < 4.78 is 0. The minimum atomic E-state index is -0.123. The van der Waals surface area contributed by atoms with Gasteiger partial charge in [0.05, 0.1) is 9.52 Å². The van der Waals surface area contributed by atoms with Gasteiger partial charge in [-0.3, -0.25) is 0 Å². The van der Waals surface area contributed by atoms with E-state index in [0.717, 1.165) is 6.17 Å². The van der Waals surface area contributed by atoms with Crippen molar-refractivity contribution in [3.63, 3.8) is 0 Å². The van der Waals surface area contributed by atoms with Crippen molar-refractivity contribution in [2.45, 2.75) is 0 Å². The van der Waals surface area contributed by atoms with Crippen molar-refractivity contribution in [2.75, 3.05) is 6.17 Å². The quantitative estimate of drug-likeness (QED) is 0.611. The smallest absolute Gasteiger partial charge is 0.333 e. The van der Waals surface area contributed by atoms with Gasteiger partial charge in [-0.2, -0.15) is 0 Å². The van der Waals surface area contributed by atoms with Gasteiger partial charge >= 0.3 is 21.7 Å². The Kier molecular flexibility index (Phi) is 5.93. The molecule has 0 atom stereocenters. The first-order valence-corrected chi connectivity index (χ1v) is 4.88. The fourth-order valence-corrected chi connectivity index (χ4v) is 1.75. The summed E-state index contributed by atoms with van der Waals surface area (Å²) in [6.45, 7) is 0. The molecule has 1 aromatic carbocycles. The molecule has 0 unspecified atom stereocenters. The van der Waals surface area contributed by atoms with Gasteiger partial charge in [0, 0.05) is 0 Å². The maximum Gasteiger partial charge on any atom is 2.00 e. The van der Waals surface area contributed by atoms with Gasteiger partial charge < -0.3 is 5.73 Å². The predicted molar refractivity (Wildman–Crippen MR) is 43.7 cm³/mol. The Morgan fingerprint density at radius 3 is 2.30 bits per heavy atom. The largest absolute Gasteiger partial charge is 2.00 e. The molecule has 0 aromatic heterocycles. The van der Waals surface area contributed by atoms with Crippen LogP contribution in [0.25, 0.3) is 0 Å². The zero-order chi connectivity index (χ0) is 6.53.